The molecule has 0 saturated heterocycles. The maximum Gasteiger partial charge on any atom is 0.189 e. The number of hydrogen-bond acceptors (Lipinski definition) is 1. The minimum Gasteiger partial charge on any atom is -0.357 e. The largest absolute Gasteiger partial charge is 0.357 e. The molecule has 0 aliphatic carbocycles. The fourth-order valence-corrected chi connectivity index (χ4v) is 1.83. The Morgan fingerprint density at radius 3 is 2.71 bits per heavy atom. The highest BCUT2D eigenvalue weighted by Crippen LogP contribution is 2.21. The van der Waals surface area contributed by atoms with Crippen LogP contribution in [0.1, 0.15) is 11.3 Å². The molecule has 14 heavy (non-hydrogen) atoms. The van der Waals surface area contributed by atoms with Crippen LogP contribution in [0, 0.1) is 13.8 Å². The molecule has 2 rings (SSSR count). The maximum atomic E-state index is 11.7. The average molecular weight is 208 g/mol. The molecule has 1 N–H and O–H groups in total. The predicted molar refractivity (Wildman–Crippen MR) is 59.1 cm³/mol. The number of pyridine rings is 1. The summed E-state index contributed by atoms with van der Waals surface area (Å²) < 4.78 is 0. The van der Waals surface area contributed by atoms with Crippen molar-refractivity contribution in [3.8, 4) is 0 Å². The van der Waals surface area contributed by atoms with E-state index in [4.69, 9.17) is 11.6 Å². The first kappa shape index (κ1) is 9.28. The lowest BCUT2D eigenvalue weighted by Crippen LogP contribution is -2.04. The lowest BCUT2D eigenvalue weighted by molar-refractivity contribution is 1.24. The van der Waals surface area contributed by atoms with Crippen molar-refractivity contribution in [2.24, 2.45) is 0 Å². The second-order valence-electron chi connectivity index (χ2n) is 3.43. The molecule has 0 aliphatic rings. The van der Waals surface area contributed by atoms with E-state index in [9.17, 15) is 4.79 Å². The van der Waals surface area contributed by atoms with E-state index in [-0.39, 0.29) is 5.43 Å². The molecular formula is C11H10ClNO. The first-order valence-corrected chi connectivity index (χ1v) is 4.76. The minimum atomic E-state index is 0.0243. The number of fused-ring (bicyclic) bond motifs is 1. The highest BCUT2D eigenvalue weighted by atomic mass is 35.5. The number of nitrogens with one attached hydrogen (secondary N) is 1. The summed E-state index contributed by atoms with van der Waals surface area (Å²) in [6.45, 7) is 3.75. The summed E-state index contributed by atoms with van der Waals surface area (Å²) in [5.74, 6) is 0. The third-order valence-electron chi connectivity index (χ3n) is 2.28. The van der Waals surface area contributed by atoms with Crippen molar-refractivity contribution < 1.29 is 0 Å². The van der Waals surface area contributed by atoms with Gasteiger partial charge in [-0.15, -0.1) is 0 Å². The number of halogens is 1. The summed E-state index contributed by atoms with van der Waals surface area (Å²) in [7, 11) is 0. The lowest BCUT2D eigenvalue weighted by atomic mass is 10.1. The number of aromatic amines is 1. The molecule has 0 saturated carbocycles. The summed E-state index contributed by atoms with van der Waals surface area (Å²) in [6, 6.07) is 5.25. The van der Waals surface area contributed by atoms with Gasteiger partial charge in [-0.25, -0.2) is 0 Å². The van der Waals surface area contributed by atoms with Gasteiger partial charge in [0.1, 0.15) is 0 Å². The van der Waals surface area contributed by atoms with Crippen LogP contribution in [0.4, 0.5) is 0 Å². The maximum absolute atomic E-state index is 11.7. The summed E-state index contributed by atoms with van der Waals surface area (Å²) in [6.07, 6.45) is 0. The van der Waals surface area contributed by atoms with Gasteiger partial charge in [-0.05, 0) is 25.5 Å². The van der Waals surface area contributed by atoms with Gasteiger partial charge in [0.05, 0.1) is 10.5 Å². The highest BCUT2D eigenvalue weighted by molar-refractivity contribution is 6.35. The number of rotatable bonds is 0. The number of aryl methyl sites for hydroxylation is 2. The van der Waals surface area contributed by atoms with Crippen molar-refractivity contribution in [3.63, 3.8) is 0 Å². The Morgan fingerprint density at radius 1 is 1.29 bits per heavy atom. The van der Waals surface area contributed by atoms with Crippen LogP contribution in [-0.4, -0.2) is 4.98 Å². The van der Waals surface area contributed by atoms with Crippen LogP contribution >= 0.6 is 11.6 Å². The minimum absolute atomic E-state index is 0.0243. The molecule has 0 amide bonds. The number of benzene rings is 1. The number of H-pyrrole nitrogens is 1. The Hall–Kier alpha value is -1.28. The predicted octanol–water partition coefficient (Wildman–Crippen LogP) is 2.80. The molecule has 1 aromatic heterocycles. The topological polar surface area (TPSA) is 32.9 Å². The van der Waals surface area contributed by atoms with Crippen molar-refractivity contribution in [2.75, 3.05) is 0 Å². The Kier molecular flexibility index (Phi) is 2.08. The summed E-state index contributed by atoms with van der Waals surface area (Å²) >= 11 is 6.00. The second-order valence-corrected chi connectivity index (χ2v) is 3.84. The van der Waals surface area contributed by atoms with Gasteiger partial charge in [0.25, 0.3) is 0 Å². The molecule has 1 heterocycles. The molecule has 0 atom stereocenters. The molecular weight excluding hydrogens is 198 g/mol. The van der Waals surface area contributed by atoms with Crippen LogP contribution in [0.5, 0.6) is 0 Å². The molecule has 0 aliphatic heterocycles. The fraction of sp³-hybridized carbons (Fsp3) is 0.182. The average Bonchev–Trinajstić information content (AvgIpc) is 2.10. The Morgan fingerprint density at radius 2 is 2.00 bits per heavy atom. The molecule has 0 bridgehead atoms. The van der Waals surface area contributed by atoms with Crippen LogP contribution in [0.2, 0.25) is 5.02 Å². The monoisotopic (exact) mass is 207 g/mol. The van der Waals surface area contributed by atoms with Gasteiger partial charge in [-0.1, -0.05) is 17.7 Å². The van der Waals surface area contributed by atoms with Crippen molar-refractivity contribution in [1.29, 1.82) is 0 Å². The Balaban J connectivity index is 3.08. The molecule has 0 radical (unpaired) electrons. The smallest absolute Gasteiger partial charge is 0.189 e. The summed E-state index contributed by atoms with van der Waals surface area (Å²) in [4.78, 5) is 14.8. The molecule has 3 heteroatoms. The standard InChI is InChI=1S/C11H10ClNO/c1-6-3-4-8(12)11-10(6)9(14)5-7(2)13-11/h3-5H,1-2H3,(H,13,14). The van der Waals surface area contributed by atoms with Crippen molar-refractivity contribution in [1.82, 2.24) is 4.98 Å². The molecule has 72 valence electrons. The van der Waals surface area contributed by atoms with E-state index in [0.717, 1.165) is 16.8 Å². The number of aromatic nitrogens is 1. The van der Waals surface area contributed by atoms with Crippen LogP contribution in [0.25, 0.3) is 10.9 Å². The second kappa shape index (κ2) is 3.14. The van der Waals surface area contributed by atoms with E-state index in [2.05, 4.69) is 4.98 Å². The van der Waals surface area contributed by atoms with Gasteiger partial charge >= 0.3 is 0 Å². The highest BCUT2D eigenvalue weighted by Gasteiger charge is 2.06. The first-order valence-electron chi connectivity index (χ1n) is 4.38. The van der Waals surface area contributed by atoms with E-state index in [1.807, 2.05) is 19.9 Å². The first-order chi connectivity index (χ1) is 6.59. The molecule has 0 fully saturated rings. The third kappa shape index (κ3) is 1.32. The van der Waals surface area contributed by atoms with Crippen molar-refractivity contribution in [2.45, 2.75) is 13.8 Å². The van der Waals surface area contributed by atoms with Gasteiger partial charge in [0, 0.05) is 17.1 Å². The van der Waals surface area contributed by atoms with Crippen LogP contribution in [0.3, 0.4) is 0 Å². The molecule has 0 unspecified atom stereocenters. The number of hydrogen-bond donors (Lipinski definition) is 1. The van der Waals surface area contributed by atoms with E-state index in [0.29, 0.717) is 10.4 Å². The van der Waals surface area contributed by atoms with Crippen molar-refractivity contribution >= 4 is 22.5 Å². The van der Waals surface area contributed by atoms with Gasteiger partial charge in [-0.3, -0.25) is 4.79 Å². The molecule has 1 aromatic carbocycles. The lowest BCUT2D eigenvalue weighted by Gasteiger charge is -2.04. The molecule has 2 nitrogen and oxygen atoms in total. The quantitative estimate of drug-likeness (QED) is 0.708. The van der Waals surface area contributed by atoms with Gasteiger partial charge in [0.15, 0.2) is 5.43 Å². The zero-order valence-electron chi connectivity index (χ0n) is 8.02. The Bertz CT molecular complexity index is 557. The van der Waals surface area contributed by atoms with Crippen LogP contribution < -0.4 is 5.43 Å². The zero-order chi connectivity index (χ0) is 10.3. The van der Waals surface area contributed by atoms with Crippen molar-refractivity contribution in [3.05, 3.63) is 44.7 Å². The molecule has 0 spiro atoms. The fourth-order valence-electron chi connectivity index (χ4n) is 1.62. The van der Waals surface area contributed by atoms with E-state index < -0.39 is 0 Å². The van der Waals surface area contributed by atoms with E-state index >= 15 is 0 Å². The van der Waals surface area contributed by atoms with Crippen LogP contribution in [0.15, 0.2) is 23.0 Å². The van der Waals surface area contributed by atoms with E-state index in [1.165, 1.54) is 0 Å². The summed E-state index contributed by atoms with van der Waals surface area (Å²) in [5, 5.41) is 1.27. The Labute approximate surface area is 86.5 Å². The summed E-state index contributed by atoms with van der Waals surface area (Å²) in [5.41, 5.74) is 2.54. The van der Waals surface area contributed by atoms with Gasteiger partial charge < -0.3 is 4.98 Å². The van der Waals surface area contributed by atoms with Gasteiger partial charge in [-0.2, -0.15) is 0 Å². The van der Waals surface area contributed by atoms with Crippen LogP contribution in [-0.2, 0) is 0 Å². The third-order valence-corrected chi connectivity index (χ3v) is 2.59. The van der Waals surface area contributed by atoms with E-state index in [1.54, 1.807) is 12.1 Å². The molecule has 2 aromatic rings. The zero-order valence-corrected chi connectivity index (χ0v) is 8.77. The SMILES string of the molecule is Cc1cc(=O)c2c(C)ccc(Cl)c2[nH]1. The normalized spacial score (nSPS) is 10.8. The van der Waals surface area contributed by atoms with Gasteiger partial charge in [0.2, 0.25) is 0 Å².